The summed E-state index contributed by atoms with van der Waals surface area (Å²) in [5.74, 6) is 1.54. The van der Waals surface area contributed by atoms with Gasteiger partial charge in [-0.2, -0.15) is 9.50 Å². The van der Waals surface area contributed by atoms with Crippen molar-refractivity contribution in [3.63, 3.8) is 0 Å². The van der Waals surface area contributed by atoms with Gasteiger partial charge in [-0.1, -0.05) is 18.2 Å². The highest BCUT2D eigenvalue weighted by atomic mass is 16.5. The van der Waals surface area contributed by atoms with Crippen LogP contribution in [0.15, 0.2) is 35.1 Å². The van der Waals surface area contributed by atoms with E-state index in [0.29, 0.717) is 37.2 Å². The minimum absolute atomic E-state index is 0.0804. The summed E-state index contributed by atoms with van der Waals surface area (Å²) in [6, 6.07) is 8.17. The van der Waals surface area contributed by atoms with Gasteiger partial charge < -0.3 is 19.9 Å². The largest absolute Gasteiger partial charge is 0.377 e. The molecule has 192 valence electrons. The van der Waals surface area contributed by atoms with Gasteiger partial charge >= 0.3 is 0 Å². The number of piperidine rings is 1. The van der Waals surface area contributed by atoms with E-state index in [2.05, 4.69) is 27.9 Å². The van der Waals surface area contributed by atoms with Crippen molar-refractivity contribution in [3.8, 4) is 0 Å². The van der Waals surface area contributed by atoms with E-state index in [9.17, 15) is 9.59 Å². The summed E-state index contributed by atoms with van der Waals surface area (Å²) in [5.41, 5.74) is 4.64. The number of hydrogen-bond donors (Lipinski definition) is 2. The van der Waals surface area contributed by atoms with E-state index in [1.807, 2.05) is 22.8 Å². The SMILES string of the molecule is O=C(Cn1c2c(c(=O)n3nc(C4=CCOCC4)nc13)C1(CCNCC1)CC2)Nc1ccc(C2CC2)cc1. The summed E-state index contributed by atoms with van der Waals surface area (Å²) < 4.78 is 8.84. The highest BCUT2D eigenvalue weighted by Gasteiger charge is 2.44. The third-order valence-corrected chi connectivity index (χ3v) is 8.58. The number of amides is 1. The lowest BCUT2D eigenvalue weighted by Crippen LogP contribution is -2.42. The Morgan fingerprint density at radius 1 is 1.14 bits per heavy atom. The van der Waals surface area contributed by atoms with Crippen LogP contribution in [0, 0.1) is 0 Å². The number of nitrogens with one attached hydrogen (secondary N) is 2. The molecule has 1 spiro atoms. The molecule has 2 fully saturated rings. The van der Waals surface area contributed by atoms with Crippen LogP contribution in [0.1, 0.15) is 67.1 Å². The van der Waals surface area contributed by atoms with Crippen molar-refractivity contribution in [1.29, 1.82) is 0 Å². The van der Waals surface area contributed by atoms with E-state index in [4.69, 9.17) is 9.72 Å². The summed E-state index contributed by atoms with van der Waals surface area (Å²) in [6.07, 6.45) is 8.72. The highest BCUT2D eigenvalue weighted by molar-refractivity contribution is 5.91. The highest BCUT2D eigenvalue weighted by Crippen LogP contribution is 2.44. The van der Waals surface area contributed by atoms with Crippen LogP contribution in [0.3, 0.4) is 0 Å². The van der Waals surface area contributed by atoms with Gasteiger partial charge in [-0.05, 0) is 87.2 Å². The molecule has 1 aromatic carbocycles. The average Bonchev–Trinajstić information content (AvgIpc) is 3.58. The van der Waals surface area contributed by atoms with Crippen LogP contribution in [-0.4, -0.2) is 51.4 Å². The lowest BCUT2D eigenvalue weighted by molar-refractivity contribution is -0.116. The predicted molar refractivity (Wildman–Crippen MR) is 140 cm³/mol. The zero-order valence-corrected chi connectivity index (χ0v) is 21.0. The number of anilines is 1. The molecular weight excluding hydrogens is 468 g/mol. The van der Waals surface area contributed by atoms with Crippen molar-refractivity contribution in [1.82, 2.24) is 24.5 Å². The second kappa shape index (κ2) is 8.92. The Morgan fingerprint density at radius 3 is 2.68 bits per heavy atom. The molecule has 4 heterocycles. The Bertz CT molecular complexity index is 1460. The van der Waals surface area contributed by atoms with Gasteiger partial charge in [0, 0.05) is 22.4 Å². The molecule has 7 rings (SSSR count). The van der Waals surface area contributed by atoms with Crippen LogP contribution in [0.5, 0.6) is 0 Å². The van der Waals surface area contributed by atoms with Gasteiger partial charge in [0.1, 0.15) is 6.54 Å². The van der Waals surface area contributed by atoms with Crippen molar-refractivity contribution in [2.75, 3.05) is 31.6 Å². The zero-order chi connectivity index (χ0) is 25.0. The second-order valence-corrected chi connectivity index (χ2v) is 10.9. The van der Waals surface area contributed by atoms with E-state index in [1.165, 1.54) is 22.9 Å². The number of ether oxygens (including phenoxy) is 1. The molecule has 37 heavy (non-hydrogen) atoms. The Labute approximate surface area is 214 Å². The summed E-state index contributed by atoms with van der Waals surface area (Å²) in [6.45, 7) is 3.00. The molecule has 9 heteroatoms. The number of carbonyl (C=O) groups is 1. The van der Waals surface area contributed by atoms with Crippen LogP contribution in [-0.2, 0) is 27.9 Å². The Kier molecular flexibility index (Phi) is 5.51. The summed E-state index contributed by atoms with van der Waals surface area (Å²) in [4.78, 5) is 32.0. The maximum atomic E-state index is 13.9. The van der Waals surface area contributed by atoms with Crippen molar-refractivity contribution < 1.29 is 9.53 Å². The zero-order valence-electron chi connectivity index (χ0n) is 21.0. The second-order valence-electron chi connectivity index (χ2n) is 10.9. The molecule has 2 aromatic heterocycles. The first-order valence-electron chi connectivity index (χ1n) is 13.5. The standard InChI is InChI=1S/C28H32N6O3/c35-23(30-21-5-3-19(4-6-21)18-1-2-18)17-33-22-7-10-28(11-13-29-14-12-28)24(22)26(36)34-27(33)31-25(32-34)20-8-15-37-16-9-20/h3-6,8,18,29H,1-2,7,9-17H2,(H,30,35). The topological polar surface area (TPSA) is 103 Å². The van der Waals surface area contributed by atoms with E-state index in [-0.39, 0.29) is 23.4 Å². The molecule has 4 aliphatic rings. The maximum absolute atomic E-state index is 13.9. The molecule has 0 radical (unpaired) electrons. The van der Waals surface area contributed by atoms with E-state index < -0.39 is 0 Å². The third kappa shape index (κ3) is 4.01. The maximum Gasteiger partial charge on any atom is 0.279 e. The molecule has 1 saturated heterocycles. The Balaban J connectivity index is 1.28. The smallest absolute Gasteiger partial charge is 0.279 e. The van der Waals surface area contributed by atoms with Crippen LogP contribution in [0.4, 0.5) is 5.69 Å². The summed E-state index contributed by atoms with van der Waals surface area (Å²) in [5, 5.41) is 11.2. The first kappa shape index (κ1) is 22.9. The predicted octanol–water partition coefficient (Wildman–Crippen LogP) is 2.78. The molecule has 1 saturated carbocycles. The fourth-order valence-corrected chi connectivity index (χ4v) is 6.41. The molecule has 2 N–H and O–H groups in total. The number of rotatable bonds is 5. The fourth-order valence-electron chi connectivity index (χ4n) is 6.41. The number of hydrogen-bond acceptors (Lipinski definition) is 6. The minimum atomic E-state index is -0.160. The lowest BCUT2D eigenvalue weighted by Gasteiger charge is -2.34. The van der Waals surface area contributed by atoms with Crippen molar-refractivity contribution in [3.05, 3.63) is 63.3 Å². The fraction of sp³-hybridized carbons (Fsp3) is 0.500. The monoisotopic (exact) mass is 500 g/mol. The van der Waals surface area contributed by atoms with Gasteiger partial charge in [-0.15, -0.1) is 5.10 Å². The van der Waals surface area contributed by atoms with Gasteiger partial charge in [0.15, 0.2) is 5.82 Å². The van der Waals surface area contributed by atoms with E-state index >= 15 is 0 Å². The van der Waals surface area contributed by atoms with E-state index in [0.717, 1.165) is 61.3 Å². The van der Waals surface area contributed by atoms with Gasteiger partial charge in [-0.3, -0.25) is 9.59 Å². The lowest BCUT2D eigenvalue weighted by atomic mass is 9.75. The molecular formula is C28H32N6O3. The van der Waals surface area contributed by atoms with Crippen molar-refractivity contribution >= 4 is 22.9 Å². The van der Waals surface area contributed by atoms with E-state index in [1.54, 1.807) is 0 Å². The van der Waals surface area contributed by atoms with Crippen molar-refractivity contribution in [2.24, 2.45) is 0 Å². The first-order chi connectivity index (χ1) is 18.1. The molecule has 2 aliphatic heterocycles. The molecule has 1 amide bonds. The molecule has 0 bridgehead atoms. The number of aromatic nitrogens is 4. The molecule has 0 unspecified atom stereocenters. The molecule has 3 aromatic rings. The van der Waals surface area contributed by atoms with Crippen LogP contribution in [0.25, 0.3) is 11.4 Å². The summed E-state index contributed by atoms with van der Waals surface area (Å²) >= 11 is 0. The molecule has 2 aliphatic carbocycles. The minimum Gasteiger partial charge on any atom is -0.377 e. The molecule has 9 nitrogen and oxygen atoms in total. The third-order valence-electron chi connectivity index (χ3n) is 8.58. The number of benzene rings is 1. The average molecular weight is 501 g/mol. The first-order valence-corrected chi connectivity index (χ1v) is 13.5. The Hall–Kier alpha value is -3.30. The number of nitrogens with zero attached hydrogens (tertiary/aromatic N) is 4. The number of carbonyl (C=O) groups excluding carboxylic acids is 1. The normalized spacial score (nSPS) is 20.7. The van der Waals surface area contributed by atoms with Gasteiger partial charge in [0.2, 0.25) is 11.7 Å². The van der Waals surface area contributed by atoms with Gasteiger partial charge in [-0.25, -0.2) is 0 Å². The quantitative estimate of drug-likeness (QED) is 0.559. The van der Waals surface area contributed by atoms with Crippen LogP contribution in [0.2, 0.25) is 0 Å². The molecule has 0 atom stereocenters. The van der Waals surface area contributed by atoms with Crippen LogP contribution >= 0.6 is 0 Å². The van der Waals surface area contributed by atoms with Crippen molar-refractivity contribution in [2.45, 2.75) is 62.8 Å². The van der Waals surface area contributed by atoms with Gasteiger partial charge in [0.25, 0.3) is 5.56 Å². The van der Waals surface area contributed by atoms with Crippen LogP contribution < -0.4 is 16.2 Å². The summed E-state index contributed by atoms with van der Waals surface area (Å²) in [7, 11) is 0. The number of fused-ring (bicyclic) bond motifs is 3. The van der Waals surface area contributed by atoms with Gasteiger partial charge in [0.05, 0.1) is 13.2 Å². The Morgan fingerprint density at radius 2 is 1.95 bits per heavy atom.